The Balaban J connectivity index is 1.73. The molecule has 2 heterocycles. The summed E-state index contributed by atoms with van der Waals surface area (Å²) in [5.41, 5.74) is 0.803. The van der Waals surface area contributed by atoms with Crippen LogP contribution in [-0.4, -0.2) is 21.1 Å². The van der Waals surface area contributed by atoms with E-state index in [1.165, 1.54) is 36.6 Å². The summed E-state index contributed by atoms with van der Waals surface area (Å²) in [6, 6.07) is 7.19. The van der Waals surface area contributed by atoms with Crippen molar-refractivity contribution >= 4 is 11.7 Å². The zero-order valence-corrected chi connectivity index (χ0v) is 13.3. The van der Waals surface area contributed by atoms with Crippen LogP contribution >= 0.6 is 0 Å². The van der Waals surface area contributed by atoms with Crippen molar-refractivity contribution in [3.8, 4) is 11.5 Å². The van der Waals surface area contributed by atoms with Crippen molar-refractivity contribution in [2.24, 2.45) is 0 Å². The van der Waals surface area contributed by atoms with Crippen LogP contribution in [0.5, 0.6) is 0 Å². The molecule has 0 aliphatic rings. The summed E-state index contributed by atoms with van der Waals surface area (Å²) >= 11 is 0. The first-order chi connectivity index (χ1) is 12.0. The number of rotatable bonds is 5. The summed E-state index contributed by atoms with van der Waals surface area (Å²) in [6.45, 7) is 3.25. The Morgan fingerprint density at radius 3 is 2.56 bits per heavy atom. The van der Waals surface area contributed by atoms with Crippen LogP contribution in [0.15, 0.2) is 45.4 Å². The summed E-state index contributed by atoms with van der Waals surface area (Å²) in [6.07, 6.45) is 0.636. The van der Waals surface area contributed by atoms with Gasteiger partial charge in [0.2, 0.25) is 5.89 Å². The highest BCUT2D eigenvalue weighted by Gasteiger charge is 2.22. The number of benzene rings is 1. The van der Waals surface area contributed by atoms with Gasteiger partial charge in [0.05, 0.1) is 11.2 Å². The molecule has 0 N–H and O–H groups in total. The minimum atomic E-state index is -0.763. The molecule has 9 nitrogen and oxygen atoms in total. The van der Waals surface area contributed by atoms with Gasteiger partial charge in [0, 0.05) is 17.7 Å². The number of hydrogen-bond acceptors (Lipinski definition) is 8. The van der Waals surface area contributed by atoms with Crippen molar-refractivity contribution in [1.29, 1.82) is 0 Å². The average molecular weight is 343 g/mol. The van der Waals surface area contributed by atoms with E-state index >= 15 is 0 Å². The van der Waals surface area contributed by atoms with E-state index in [0.717, 1.165) is 0 Å². The van der Waals surface area contributed by atoms with Crippen LogP contribution in [0.3, 0.4) is 0 Å². The van der Waals surface area contributed by atoms with Gasteiger partial charge in [-0.3, -0.25) is 10.1 Å². The van der Waals surface area contributed by atoms with Crippen LogP contribution in [0.25, 0.3) is 11.5 Å². The van der Waals surface area contributed by atoms with Gasteiger partial charge in [-0.15, -0.1) is 10.2 Å². The Hall–Kier alpha value is -3.49. The van der Waals surface area contributed by atoms with E-state index in [0.29, 0.717) is 16.9 Å². The normalized spacial score (nSPS) is 11.9. The van der Waals surface area contributed by atoms with Crippen LogP contribution in [0.2, 0.25) is 0 Å². The summed E-state index contributed by atoms with van der Waals surface area (Å²) in [7, 11) is 0. The van der Waals surface area contributed by atoms with Gasteiger partial charge in [-0.1, -0.05) is 0 Å². The fraction of sp³-hybridized carbons (Fsp3) is 0.188. The Labute approximate surface area is 141 Å². The second-order valence-corrected chi connectivity index (χ2v) is 5.19. The lowest BCUT2D eigenvalue weighted by Crippen LogP contribution is -2.09. The van der Waals surface area contributed by atoms with Crippen LogP contribution in [0.4, 0.5) is 5.69 Å². The molecule has 0 saturated heterocycles. The maximum atomic E-state index is 12.1. The number of furan rings is 1. The number of nitro groups is 1. The number of carbonyl (C=O) groups is 1. The maximum absolute atomic E-state index is 12.1. The molecule has 1 atom stereocenters. The van der Waals surface area contributed by atoms with Gasteiger partial charge in [-0.2, -0.15) is 0 Å². The standard InChI is InChI=1S/C16H13N3O6/c1-9-13(7-8-23-9)16(20)24-10(2)14-17-18-15(25-14)11-3-5-12(6-4-11)19(21)22/h3-8,10H,1-2H3/t10-/m0/s1. The fourth-order valence-corrected chi connectivity index (χ4v) is 2.11. The Morgan fingerprint density at radius 1 is 1.24 bits per heavy atom. The molecular weight excluding hydrogens is 330 g/mol. The van der Waals surface area contributed by atoms with Gasteiger partial charge >= 0.3 is 5.97 Å². The van der Waals surface area contributed by atoms with E-state index in [1.807, 2.05) is 0 Å². The molecular formula is C16H13N3O6. The molecule has 0 aliphatic carbocycles. The predicted octanol–water partition coefficient (Wildman–Crippen LogP) is 3.46. The highest BCUT2D eigenvalue weighted by Crippen LogP contribution is 2.25. The minimum absolute atomic E-state index is 0.0405. The van der Waals surface area contributed by atoms with Gasteiger partial charge in [-0.05, 0) is 32.0 Å². The van der Waals surface area contributed by atoms with E-state index in [1.54, 1.807) is 13.8 Å². The molecule has 9 heteroatoms. The quantitative estimate of drug-likeness (QED) is 0.392. The number of ether oxygens (including phenoxy) is 1. The van der Waals surface area contributed by atoms with E-state index in [4.69, 9.17) is 13.6 Å². The van der Waals surface area contributed by atoms with E-state index < -0.39 is 17.0 Å². The fourth-order valence-electron chi connectivity index (χ4n) is 2.11. The Morgan fingerprint density at radius 2 is 1.96 bits per heavy atom. The molecule has 0 unspecified atom stereocenters. The van der Waals surface area contributed by atoms with Crippen LogP contribution in [0.1, 0.15) is 35.0 Å². The van der Waals surface area contributed by atoms with Crippen molar-refractivity contribution in [2.75, 3.05) is 0 Å². The van der Waals surface area contributed by atoms with Gasteiger partial charge in [0.15, 0.2) is 6.10 Å². The lowest BCUT2D eigenvalue weighted by atomic mass is 10.2. The van der Waals surface area contributed by atoms with Crippen molar-refractivity contribution < 1.29 is 23.3 Å². The molecule has 3 aromatic rings. The third-order valence-corrected chi connectivity index (χ3v) is 3.48. The first-order valence-electron chi connectivity index (χ1n) is 7.29. The monoisotopic (exact) mass is 343 g/mol. The minimum Gasteiger partial charge on any atom is -0.469 e. The molecule has 0 aliphatic heterocycles. The zero-order chi connectivity index (χ0) is 18.0. The average Bonchev–Trinajstić information content (AvgIpc) is 3.24. The SMILES string of the molecule is Cc1occc1C(=O)O[C@@H](C)c1nnc(-c2ccc([N+](=O)[O-])cc2)o1. The van der Waals surface area contributed by atoms with Crippen molar-refractivity contribution in [3.63, 3.8) is 0 Å². The summed E-state index contributed by atoms with van der Waals surface area (Å²) in [5.74, 6) is 0.179. The molecule has 2 aromatic heterocycles. The molecule has 1 aromatic carbocycles. The third-order valence-electron chi connectivity index (χ3n) is 3.48. The van der Waals surface area contributed by atoms with E-state index in [2.05, 4.69) is 10.2 Å². The second kappa shape index (κ2) is 6.56. The number of non-ortho nitro benzene ring substituents is 1. The number of nitrogens with zero attached hydrogens (tertiary/aromatic N) is 3. The molecule has 0 amide bonds. The van der Waals surface area contributed by atoms with Gasteiger partial charge in [-0.25, -0.2) is 4.79 Å². The first-order valence-corrected chi connectivity index (χ1v) is 7.29. The highest BCUT2D eigenvalue weighted by molar-refractivity contribution is 5.90. The highest BCUT2D eigenvalue weighted by atomic mass is 16.6. The summed E-state index contributed by atoms with van der Waals surface area (Å²) < 4.78 is 15.8. The third kappa shape index (κ3) is 3.39. The summed E-state index contributed by atoms with van der Waals surface area (Å²) in [4.78, 5) is 22.2. The van der Waals surface area contributed by atoms with Gasteiger partial charge in [0.1, 0.15) is 11.3 Å². The second-order valence-electron chi connectivity index (χ2n) is 5.19. The molecule has 0 spiro atoms. The Kier molecular flexibility index (Phi) is 4.29. The number of nitro benzene ring substituents is 1. The van der Waals surface area contributed by atoms with Gasteiger partial charge < -0.3 is 13.6 Å². The van der Waals surface area contributed by atoms with Crippen LogP contribution in [0, 0.1) is 17.0 Å². The maximum Gasteiger partial charge on any atom is 0.342 e. The predicted molar refractivity (Wildman–Crippen MR) is 83.7 cm³/mol. The Bertz CT molecular complexity index is 912. The number of aryl methyl sites for hydroxylation is 1. The molecule has 128 valence electrons. The zero-order valence-electron chi connectivity index (χ0n) is 13.3. The van der Waals surface area contributed by atoms with Gasteiger partial charge in [0.25, 0.3) is 11.6 Å². The smallest absolute Gasteiger partial charge is 0.342 e. The summed E-state index contributed by atoms with van der Waals surface area (Å²) in [5, 5.41) is 18.4. The molecule has 3 rings (SSSR count). The van der Waals surface area contributed by atoms with E-state index in [9.17, 15) is 14.9 Å². The largest absolute Gasteiger partial charge is 0.469 e. The van der Waals surface area contributed by atoms with Crippen molar-refractivity contribution in [2.45, 2.75) is 20.0 Å². The lowest BCUT2D eigenvalue weighted by molar-refractivity contribution is -0.384. The van der Waals surface area contributed by atoms with Crippen LogP contribution in [-0.2, 0) is 4.74 Å². The van der Waals surface area contributed by atoms with Crippen LogP contribution < -0.4 is 0 Å². The lowest BCUT2D eigenvalue weighted by Gasteiger charge is -2.08. The van der Waals surface area contributed by atoms with Crippen molar-refractivity contribution in [1.82, 2.24) is 10.2 Å². The molecule has 25 heavy (non-hydrogen) atoms. The first kappa shape index (κ1) is 16.4. The topological polar surface area (TPSA) is 122 Å². The number of hydrogen-bond donors (Lipinski definition) is 0. The van der Waals surface area contributed by atoms with Crippen molar-refractivity contribution in [3.05, 3.63) is 63.9 Å². The number of esters is 1. The molecule has 0 radical (unpaired) electrons. The molecule has 0 bridgehead atoms. The molecule has 0 fully saturated rings. The number of aromatic nitrogens is 2. The van der Waals surface area contributed by atoms with E-state index in [-0.39, 0.29) is 17.5 Å². The number of carbonyl (C=O) groups excluding carboxylic acids is 1. The molecule has 0 saturated carbocycles.